The largest absolute Gasteiger partial charge is 0.383 e. The van der Waals surface area contributed by atoms with Crippen LogP contribution >= 0.6 is 0 Å². The molecule has 9 nitrogen and oxygen atoms in total. The highest BCUT2D eigenvalue weighted by atomic mass is 16.5. The first-order valence-electron chi connectivity index (χ1n) is 5.97. The molecule has 20 heavy (non-hydrogen) atoms. The maximum absolute atomic E-state index is 12.1. The van der Waals surface area contributed by atoms with Crippen molar-refractivity contribution in [1.82, 2.24) is 10.2 Å². The average Bonchev–Trinajstić information content (AvgIpc) is 2.67. The average molecular weight is 286 g/mol. The molecule has 1 saturated heterocycles. The van der Waals surface area contributed by atoms with Crippen molar-refractivity contribution in [2.24, 2.45) is 16.9 Å². The fourth-order valence-corrected chi connectivity index (χ4v) is 1.77. The summed E-state index contributed by atoms with van der Waals surface area (Å²) >= 11 is 0. The quantitative estimate of drug-likeness (QED) is 0.178. The molecule has 3 N–H and O–H groups in total. The third-order valence-electron chi connectivity index (χ3n) is 2.78. The smallest absolute Gasteiger partial charge is 0.278 e. The van der Waals surface area contributed by atoms with Crippen LogP contribution in [0.15, 0.2) is 5.10 Å². The van der Waals surface area contributed by atoms with Gasteiger partial charge in [-0.25, -0.2) is 0 Å². The molecule has 0 saturated carbocycles. The number of amides is 3. The molecule has 1 aliphatic heterocycles. The molecule has 0 spiro atoms. The van der Waals surface area contributed by atoms with Gasteiger partial charge in [0.15, 0.2) is 5.92 Å². The van der Waals surface area contributed by atoms with Crippen LogP contribution in [0.4, 0.5) is 0 Å². The highest BCUT2D eigenvalue weighted by Crippen LogP contribution is 2.17. The Morgan fingerprint density at radius 2 is 2.00 bits per heavy atom. The molecule has 0 aromatic heterocycles. The van der Waals surface area contributed by atoms with Gasteiger partial charge in [-0.3, -0.25) is 19.3 Å². The molecule has 0 aromatic rings. The van der Waals surface area contributed by atoms with E-state index in [4.69, 9.17) is 15.3 Å². The van der Waals surface area contributed by atoms with E-state index in [1.807, 2.05) is 0 Å². The first-order chi connectivity index (χ1) is 9.58. The van der Waals surface area contributed by atoms with Crippen LogP contribution in [0.5, 0.6) is 0 Å². The Bertz CT molecular complexity index is 423. The SMILES string of the molecule is COCCNC(=O)C1C(=O)N(CCOC)C(=O)/C1=N\N. The molecule has 0 radical (unpaired) electrons. The van der Waals surface area contributed by atoms with Gasteiger partial charge in [-0.1, -0.05) is 0 Å². The predicted molar refractivity (Wildman–Crippen MR) is 68.6 cm³/mol. The van der Waals surface area contributed by atoms with E-state index in [9.17, 15) is 14.4 Å². The molecule has 1 heterocycles. The standard InChI is InChI=1S/C11H18N4O5/c1-19-5-3-13-9(16)7-8(14-12)11(18)15(10(7)17)4-6-20-2/h7H,3-6,12H2,1-2H3,(H,13,16)/b14-8-. The summed E-state index contributed by atoms with van der Waals surface area (Å²) in [6.07, 6.45) is 0. The van der Waals surface area contributed by atoms with Crippen LogP contribution in [0.25, 0.3) is 0 Å². The van der Waals surface area contributed by atoms with Gasteiger partial charge in [0.2, 0.25) is 11.8 Å². The van der Waals surface area contributed by atoms with Gasteiger partial charge < -0.3 is 20.6 Å². The van der Waals surface area contributed by atoms with Crippen molar-refractivity contribution in [3.63, 3.8) is 0 Å². The van der Waals surface area contributed by atoms with Gasteiger partial charge in [0, 0.05) is 20.8 Å². The normalized spacial score (nSPS) is 20.8. The molecule has 0 aromatic carbocycles. The van der Waals surface area contributed by atoms with E-state index in [0.29, 0.717) is 6.61 Å². The van der Waals surface area contributed by atoms with E-state index in [1.165, 1.54) is 14.2 Å². The summed E-state index contributed by atoms with van der Waals surface area (Å²) in [4.78, 5) is 36.9. The molecule has 1 rings (SSSR count). The van der Waals surface area contributed by atoms with Gasteiger partial charge in [0.1, 0.15) is 5.71 Å². The van der Waals surface area contributed by atoms with Crippen LogP contribution in [-0.2, 0) is 23.9 Å². The second-order valence-electron chi connectivity index (χ2n) is 4.02. The number of carbonyl (C=O) groups is 3. The summed E-state index contributed by atoms with van der Waals surface area (Å²) in [5, 5.41) is 5.77. The van der Waals surface area contributed by atoms with Crippen molar-refractivity contribution < 1.29 is 23.9 Å². The zero-order valence-corrected chi connectivity index (χ0v) is 11.4. The fourth-order valence-electron chi connectivity index (χ4n) is 1.77. The summed E-state index contributed by atoms with van der Waals surface area (Å²) in [6, 6.07) is 0. The van der Waals surface area contributed by atoms with Crippen molar-refractivity contribution in [3.05, 3.63) is 0 Å². The minimum atomic E-state index is -1.30. The first kappa shape index (κ1) is 16.1. The van der Waals surface area contributed by atoms with Crippen molar-refractivity contribution in [2.45, 2.75) is 0 Å². The summed E-state index contributed by atoms with van der Waals surface area (Å²) in [6.45, 7) is 0.745. The van der Waals surface area contributed by atoms with Crippen molar-refractivity contribution >= 4 is 23.4 Å². The molecule has 1 atom stereocenters. The molecule has 0 bridgehead atoms. The van der Waals surface area contributed by atoms with Gasteiger partial charge in [-0.2, -0.15) is 5.10 Å². The highest BCUT2D eigenvalue weighted by molar-refractivity contribution is 6.54. The third kappa shape index (κ3) is 3.31. The van der Waals surface area contributed by atoms with E-state index in [2.05, 4.69) is 10.4 Å². The number of hydrazone groups is 1. The van der Waals surface area contributed by atoms with Crippen LogP contribution in [-0.4, -0.2) is 68.9 Å². The summed E-state index contributed by atoms with van der Waals surface area (Å²) in [5.41, 5.74) is -0.263. The second-order valence-corrected chi connectivity index (χ2v) is 4.02. The molecule has 9 heteroatoms. The number of hydrogen-bond donors (Lipinski definition) is 2. The molecular formula is C11H18N4O5. The molecule has 0 aliphatic carbocycles. The Labute approximate surface area is 116 Å². The number of nitrogens with zero attached hydrogens (tertiary/aromatic N) is 2. The number of nitrogens with one attached hydrogen (secondary N) is 1. The minimum Gasteiger partial charge on any atom is -0.383 e. The van der Waals surface area contributed by atoms with Crippen molar-refractivity contribution in [2.75, 3.05) is 40.5 Å². The number of methoxy groups -OCH3 is 2. The Balaban J connectivity index is 2.81. The molecular weight excluding hydrogens is 268 g/mol. The molecule has 1 aliphatic rings. The van der Waals surface area contributed by atoms with Crippen molar-refractivity contribution in [1.29, 1.82) is 0 Å². The number of carbonyl (C=O) groups excluding carboxylic acids is 3. The number of likely N-dealkylation sites (tertiary alicyclic amines) is 1. The topological polar surface area (TPSA) is 123 Å². The van der Waals surface area contributed by atoms with E-state index >= 15 is 0 Å². The van der Waals surface area contributed by atoms with Crippen LogP contribution in [0.3, 0.4) is 0 Å². The Morgan fingerprint density at radius 3 is 2.55 bits per heavy atom. The molecule has 3 amide bonds. The Morgan fingerprint density at radius 1 is 1.35 bits per heavy atom. The van der Waals surface area contributed by atoms with Crippen LogP contribution in [0.2, 0.25) is 0 Å². The monoisotopic (exact) mass is 286 g/mol. The van der Waals surface area contributed by atoms with Crippen LogP contribution in [0, 0.1) is 5.92 Å². The summed E-state index contributed by atoms with van der Waals surface area (Å²) < 4.78 is 9.59. The maximum Gasteiger partial charge on any atom is 0.278 e. The lowest BCUT2D eigenvalue weighted by Gasteiger charge is -2.13. The van der Waals surface area contributed by atoms with E-state index in [0.717, 1.165) is 4.90 Å². The van der Waals surface area contributed by atoms with Gasteiger partial charge >= 0.3 is 0 Å². The summed E-state index contributed by atoms with van der Waals surface area (Å²) in [7, 11) is 2.92. The zero-order valence-electron chi connectivity index (χ0n) is 11.4. The minimum absolute atomic E-state index is 0.0506. The van der Waals surface area contributed by atoms with E-state index < -0.39 is 23.6 Å². The predicted octanol–water partition coefficient (Wildman–Crippen LogP) is -2.30. The summed E-state index contributed by atoms with van der Waals surface area (Å²) in [5.74, 6) is 1.87. The van der Waals surface area contributed by atoms with Crippen molar-refractivity contribution in [3.8, 4) is 0 Å². The van der Waals surface area contributed by atoms with Crippen LogP contribution < -0.4 is 11.2 Å². The second kappa shape index (κ2) is 7.56. The number of ether oxygens (including phenoxy) is 2. The third-order valence-corrected chi connectivity index (χ3v) is 2.78. The maximum atomic E-state index is 12.1. The van der Waals surface area contributed by atoms with Gasteiger partial charge in [-0.05, 0) is 0 Å². The lowest BCUT2D eigenvalue weighted by Crippen LogP contribution is -2.40. The Kier molecular flexibility index (Phi) is 6.07. The highest BCUT2D eigenvalue weighted by Gasteiger charge is 2.48. The zero-order chi connectivity index (χ0) is 15.1. The first-order valence-corrected chi connectivity index (χ1v) is 5.97. The lowest BCUT2D eigenvalue weighted by molar-refractivity contribution is -0.141. The van der Waals surface area contributed by atoms with Gasteiger partial charge in [0.25, 0.3) is 5.91 Å². The molecule has 112 valence electrons. The lowest BCUT2D eigenvalue weighted by atomic mass is 10.1. The number of rotatable bonds is 7. The van der Waals surface area contributed by atoms with E-state index in [1.54, 1.807) is 0 Å². The number of imide groups is 1. The molecule has 1 unspecified atom stereocenters. The fraction of sp³-hybridized carbons (Fsp3) is 0.636. The number of hydrogen-bond acceptors (Lipinski definition) is 7. The van der Waals surface area contributed by atoms with E-state index in [-0.39, 0.29) is 25.4 Å². The Hall–Kier alpha value is -2.00. The molecule has 1 fully saturated rings. The number of nitrogens with two attached hydrogens (primary N) is 1. The van der Waals surface area contributed by atoms with Gasteiger partial charge in [0.05, 0.1) is 19.8 Å². The van der Waals surface area contributed by atoms with Gasteiger partial charge in [-0.15, -0.1) is 0 Å². The van der Waals surface area contributed by atoms with Crippen LogP contribution in [0.1, 0.15) is 0 Å².